The molecule has 2 aliphatic rings. The smallest absolute Gasteiger partial charge is 0.318 e. The Morgan fingerprint density at radius 3 is 2.56 bits per heavy atom. The van der Waals surface area contributed by atoms with Crippen molar-refractivity contribution >= 4 is 11.9 Å². The summed E-state index contributed by atoms with van der Waals surface area (Å²) in [5.74, 6) is 0.961. The monoisotopic (exact) mass is 466 g/mol. The van der Waals surface area contributed by atoms with Crippen LogP contribution in [0.3, 0.4) is 0 Å². The molecule has 3 amide bonds. The van der Waals surface area contributed by atoms with E-state index in [0.717, 1.165) is 23.4 Å². The van der Waals surface area contributed by atoms with Crippen LogP contribution >= 0.6 is 0 Å². The van der Waals surface area contributed by atoms with Crippen LogP contribution in [0, 0.1) is 11.8 Å². The topological polar surface area (TPSA) is 92.7 Å². The zero-order valence-electron chi connectivity index (χ0n) is 20.1. The summed E-state index contributed by atoms with van der Waals surface area (Å²) in [6.45, 7) is 6.13. The molecule has 34 heavy (non-hydrogen) atoms. The van der Waals surface area contributed by atoms with Gasteiger partial charge in [-0.1, -0.05) is 32.0 Å². The highest BCUT2D eigenvalue weighted by atomic mass is 16.5. The Morgan fingerprint density at radius 1 is 1.09 bits per heavy atom. The second kappa shape index (κ2) is 10.3. The molecule has 0 aliphatic carbocycles. The molecule has 3 atom stereocenters. The maximum Gasteiger partial charge on any atom is 0.318 e. The van der Waals surface area contributed by atoms with Crippen molar-refractivity contribution in [1.82, 2.24) is 20.1 Å². The first-order chi connectivity index (χ1) is 16.4. The lowest BCUT2D eigenvalue weighted by molar-refractivity contribution is -0.123. The van der Waals surface area contributed by atoms with Gasteiger partial charge in [-0.05, 0) is 48.4 Å². The molecular formula is C26H34N4O4. The van der Waals surface area contributed by atoms with Crippen LogP contribution in [0.4, 0.5) is 4.79 Å². The molecule has 2 aliphatic heterocycles. The van der Waals surface area contributed by atoms with Gasteiger partial charge in [0, 0.05) is 43.9 Å². The molecule has 1 aromatic heterocycles. The molecular weight excluding hydrogens is 432 g/mol. The van der Waals surface area contributed by atoms with E-state index in [2.05, 4.69) is 10.6 Å². The quantitative estimate of drug-likeness (QED) is 0.655. The molecule has 1 fully saturated rings. The van der Waals surface area contributed by atoms with E-state index in [1.807, 2.05) is 48.7 Å². The van der Waals surface area contributed by atoms with Crippen LogP contribution in [0.15, 0.2) is 47.3 Å². The van der Waals surface area contributed by atoms with E-state index in [1.54, 1.807) is 24.1 Å². The Morgan fingerprint density at radius 2 is 1.85 bits per heavy atom. The van der Waals surface area contributed by atoms with Crippen molar-refractivity contribution in [3.05, 3.63) is 64.1 Å². The molecule has 0 spiro atoms. The maximum absolute atomic E-state index is 13.1. The molecule has 2 aromatic rings. The van der Waals surface area contributed by atoms with E-state index in [9.17, 15) is 14.4 Å². The highest BCUT2D eigenvalue weighted by molar-refractivity contribution is 5.87. The van der Waals surface area contributed by atoms with E-state index in [4.69, 9.17) is 4.74 Å². The molecule has 4 rings (SSSR count). The van der Waals surface area contributed by atoms with Crippen LogP contribution < -0.4 is 20.9 Å². The molecule has 2 bridgehead atoms. The fraction of sp³-hybridized carbons (Fsp3) is 0.500. The van der Waals surface area contributed by atoms with Crippen molar-refractivity contribution in [1.29, 1.82) is 0 Å². The van der Waals surface area contributed by atoms with Crippen molar-refractivity contribution in [3.63, 3.8) is 0 Å². The van der Waals surface area contributed by atoms with Crippen LogP contribution in [-0.2, 0) is 17.8 Å². The van der Waals surface area contributed by atoms with Gasteiger partial charge < -0.3 is 24.8 Å². The summed E-state index contributed by atoms with van der Waals surface area (Å²) < 4.78 is 7.02. The third-order valence-electron chi connectivity index (χ3n) is 6.87. The summed E-state index contributed by atoms with van der Waals surface area (Å²) in [5.41, 5.74) is 2.12. The Balaban J connectivity index is 1.33. The van der Waals surface area contributed by atoms with Crippen molar-refractivity contribution < 1.29 is 14.3 Å². The molecule has 182 valence electrons. The minimum absolute atomic E-state index is 0.0243. The highest BCUT2D eigenvalue weighted by Gasteiger charge is 2.37. The van der Waals surface area contributed by atoms with Crippen molar-refractivity contribution in [2.24, 2.45) is 11.8 Å². The summed E-state index contributed by atoms with van der Waals surface area (Å²) in [5, 5.41) is 5.93. The van der Waals surface area contributed by atoms with Gasteiger partial charge >= 0.3 is 6.03 Å². The predicted octanol–water partition coefficient (Wildman–Crippen LogP) is 2.37. The summed E-state index contributed by atoms with van der Waals surface area (Å²) in [6.07, 6.45) is 1.68. The third kappa shape index (κ3) is 5.26. The van der Waals surface area contributed by atoms with Gasteiger partial charge in [-0.3, -0.25) is 9.59 Å². The number of piperidine rings is 1. The summed E-state index contributed by atoms with van der Waals surface area (Å²) >= 11 is 0. The van der Waals surface area contributed by atoms with Gasteiger partial charge in [0.05, 0.1) is 7.11 Å². The standard InChI is InChI=1S/C26H34N4O4/c1-17(2)24(25(32)27-12-11-18-7-9-21(34-3)10-8-18)28-26(33)29-14-19-13-20(16-29)22-5-4-6-23(31)30(22)15-19/h4-10,17,19-20,24H,11-16H2,1-3H3,(H,27,32)(H,28,33)/t19-,20?,24+/m1/s1. The fourth-order valence-corrected chi connectivity index (χ4v) is 5.05. The number of amides is 3. The van der Waals surface area contributed by atoms with Gasteiger partial charge in [0.25, 0.3) is 5.56 Å². The maximum atomic E-state index is 13.1. The van der Waals surface area contributed by atoms with Crippen LogP contribution in [0.2, 0.25) is 0 Å². The lowest BCUT2D eigenvalue weighted by Crippen LogP contribution is -2.57. The molecule has 1 aromatic carbocycles. The largest absolute Gasteiger partial charge is 0.497 e. The number of likely N-dealkylation sites (tertiary alicyclic amines) is 1. The Kier molecular flexibility index (Phi) is 7.24. The normalized spacial score (nSPS) is 19.8. The van der Waals surface area contributed by atoms with Gasteiger partial charge in [0.1, 0.15) is 11.8 Å². The van der Waals surface area contributed by atoms with Crippen LogP contribution in [0.1, 0.15) is 37.4 Å². The summed E-state index contributed by atoms with van der Waals surface area (Å²) in [6, 6.07) is 12.3. The first-order valence-corrected chi connectivity index (χ1v) is 12.0. The number of carbonyl (C=O) groups is 2. The number of fused-ring (bicyclic) bond motifs is 4. The molecule has 0 radical (unpaired) electrons. The molecule has 8 heteroatoms. The number of ether oxygens (including phenoxy) is 1. The van der Waals surface area contributed by atoms with Gasteiger partial charge in [-0.25, -0.2) is 4.79 Å². The summed E-state index contributed by atoms with van der Waals surface area (Å²) in [4.78, 5) is 40.1. The average Bonchev–Trinajstić information content (AvgIpc) is 2.83. The lowest BCUT2D eigenvalue weighted by atomic mass is 9.83. The number of aromatic nitrogens is 1. The molecule has 8 nitrogen and oxygen atoms in total. The number of nitrogens with one attached hydrogen (secondary N) is 2. The van der Waals surface area contributed by atoms with Crippen LogP contribution in [-0.4, -0.2) is 54.2 Å². The molecule has 3 heterocycles. The number of pyridine rings is 1. The zero-order valence-corrected chi connectivity index (χ0v) is 20.1. The number of rotatable bonds is 7. The van der Waals surface area contributed by atoms with E-state index >= 15 is 0 Å². The molecule has 0 saturated carbocycles. The van der Waals surface area contributed by atoms with Crippen molar-refractivity contribution in [2.45, 2.75) is 45.2 Å². The van der Waals surface area contributed by atoms with Gasteiger partial charge in [-0.15, -0.1) is 0 Å². The van der Waals surface area contributed by atoms with E-state index in [-0.39, 0.29) is 35.3 Å². The van der Waals surface area contributed by atoms with Crippen molar-refractivity contribution in [2.75, 3.05) is 26.7 Å². The number of urea groups is 1. The second-order valence-corrected chi connectivity index (χ2v) is 9.66. The van der Waals surface area contributed by atoms with E-state index < -0.39 is 6.04 Å². The number of hydrogen-bond acceptors (Lipinski definition) is 4. The first-order valence-electron chi connectivity index (χ1n) is 12.0. The Hall–Kier alpha value is -3.29. The average molecular weight is 467 g/mol. The van der Waals surface area contributed by atoms with Crippen LogP contribution in [0.5, 0.6) is 5.75 Å². The number of methoxy groups -OCH3 is 1. The third-order valence-corrected chi connectivity index (χ3v) is 6.87. The minimum Gasteiger partial charge on any atom is -0.497 e. The Bertz CT molecular complexity index is 1080. The fourth-order valence-electron chi connectivity index (χ4n) is 5.05. The second-order valence-electron chi connectivity index (χ2n) is 9.66. The molecule has 1 unspecified atom stereocenters. The molecule has 2 N–H and O–H groups in total. The number of carbonyl (C=O) groups excluding carboxylic acids is 2. The number of hydrogen-bond donors (Lipinski definition) is 2. The van der Waals surface area contributed by atoms with Gasteiger partial charge in [-0.2, -0.15) is 0 Å². The van der Waals surface area contributed by atoms with Gasteiger partial charge in [0.2, 0.25) is 5.91 Å². The number of nitrogens with zero attached hydrogens (tertiary/aromatic N) is 2. The van der Waals surface area contributed by atoms with Gasteiger partial charge in [0.15, 0.2) is 0 Å². The highest BCUT2D eigenvalue weighted by Crippen LogP contribution is 2.34. The summed E-state index contributed by atoms with van der Waals surface area (Å²) in [7, 11) is 1.63. The minimum atomic E-state index is -0.611. The lowest BCUT2D eigenvalue weighted by Gasteiger charge is -2.43. The van der Waals surface area contributed by atoms with Crippen molar-refractivity contribution in [3.8, 4) is 5.75 Å². The number of benzene rings is 1. The SMILES string of the molecule is COc1ccc(CCNC(=O)[C@@H](NC(=O)N2CC3C[C@H](C2)Cn2c3cccc2=O)C(C)C)cc1. The van der Waals surface area contributed by atoms with E-state index in [1.165, 1.54) is 0 Å². The molecule has 1 saturated heterocycles. The first kappa shape index (κ1) is 23.9. The zero-order chi connectivity index (χ0) is 24.2. The van der Waals surface area contributed by atoms with E-state index in [0.29, 0.717) is 32.6 Å². The van der Waals surface area contributed by atoms with Crippen LogP contribution in [0.25, 0.3) is 0 Å². The predicted molar refractivity (Wildman–Crippen MR) is 130 cm³/mol. The Labute approximate surface area is 200 Å².